The lowest BCUT2D eigenvalue weighted by molar-refractivity contribution is 0.0990. The molecule has 9 rings (SSSR count). The van der Waals surface area contributed by atoms with E-state index in [4.69, 9.17) is 0 Å². The highest BCUT2D eigenvalue weighted by Gasteiger charge is 2.41. The number of para-hydroxylation sites is 1. The third-order valence-corrected chi connectivity index (χ3v) is 12.2. The summed E-state index contributed by atoms with van der Waals surface area (Å²) < 4.78 is 0. The summed E-state index contributed by atoms with van der Waals surface area (Å²) in [6, 6.07) is 48.6. The van der Waals surface area contributed by atoms with Crippen LogP contribution in [0.25, 0.3) is 39.5 Å². The molecule has 0 bridgehead atoms. The maximum Gasteiger partial charge on any atom is 0.197 e. The summed E-state index contributed by atoms with van der Waals surface area (Å²) in [6.45, 7) is 11.2. The molecule has 2 heterocycles. The highest BCUT2D eigenvalue weighted by atomic mass is 32.1. The van der Waals surface area contributed by atoms with Gasteiger partial charge in [0.15, 0.2) is 11.6 Å². The molecule has 2 aliphatic rings. The fourth-order valence-electron chi connectivity index (χ4n) is 8.62. The van der Waals surface area contributed by atoms with E-state index < -0.39 is 5.41 Å². The molecule has 0 fully saturated rings. The van der Waals surface area contributed by atoms with Crippen molar-refractivity contribution in [3.8, 4) is 33.4 Å². The van der Waals surface area contributed by atoms with E-state index >= 15 is 0 Å². The molecule has 1 aliphatic carbocycles. The quantitative estimate of drug-likeness (QED) is 0.131. The van der Waals surface area contributed by atoms with E-state index in [-0.39, 0.29) is 17.1 Å². The first-order chi connectivity index (χ1) is 26.1. The van der Waals surface area contributed by atoms with Crippen molar-refractivity contribution in [1.82, 2.24) is 0 Å². The van der Waals surface area contributed by atoms with Gasteiger partial charge in [-0.1, -0.05) is 141 Å². The maximum absolute atomic E-state index is 13.6. The zero-order chi connectivity index (χ0) is 37.3. The van der Waals surface area contributed by atoms with Crippen LogP contribution in [0, 0.1) is 20.8 Å². The Bertz CT molecular complexity index is 2580. The standard InChI is InChI=1S/C50H39NO2S/c1-30-25-31(2)45(32(3)26-30)35-23-24-44-42(27-35)50(4,5)43-29-36(28-41-47(52)39-19-12-13-20-40(39)48(41)53)54-49(43)51(44)46-37(33-15-8-6-9-16-33)21-14-22-38(46)34-17-10-7-11-18-34/h6-29H,1-5H3. The largest absolute Gasteiger partial charge is 0.300 e. The second-order valence-corrected chi connectivity index (χ2v) is 16.1. The summed E-state index contributed by atoms with van der Waals surface area (Å²) in [4.78, 5) is 30.5. The number of aryl methyl sites for hydroxylation is 3. The van der Waals surface area contributed by atoms with Gasteiger partial charge in [0, 0.05) is 32.5 Å². The van der Waals surface area contributed by atoms with Crippen LogP contribution in [0.3, 0.4) is 0 Å². The van der Waals surface area contributed by atoms with Crippen LogP contribution < -0.4 is 4.90 Å². The average molecular weight is 718 g/mol. The zero-order valence-electron chi connectivity index (χ0n) is 31.0. The van der Waals surface area contributed by atoms with Crippen LogP contribution in [-0.2, 0) is 5.41 Å². The first-order valence-electron chi connectivity index (χ1n) is 18.4. The number of thiophene rings is 1. The van der Waals surface area contributed by atoms with Crippen molar-refractivity contribution in [1.29, 1.82) is 0 Å². The Morgan fingerprint density at radius 1 is 0.556 bits per heavy atom. The van der Waals surface area contributed by atoms with Gasteiger partial charge in [0.05, 0.1) is 16.9 Å². The highest BCUT2D eigenvalue weighted by Crippen LogP contribution is 2.59. The number of carbonyl (C=O) groups excluding carboxylic acids is 2. The third kappa shape index (κ3) is 5.32. The van der Waals surface area contributed by atoms with Gasteiger partial charge in [0.1, 0.15) is 5.00 Å². The molecular weight excluding hydrogens is 679 g/mol. The smallest absolute Gasteiger partial charge is 0.197 e. The van der Waals surface area contributed by atoms with Gasteiger partial charge < -0.3 is 4.90 Å². The number of benzene rings is 6. The lowest BCUT2D eigenvalue weighted by Crippen LogP contribution is -2.30. The van der Waals surface area contributed by atoms with Crippen LogP contribution in [0.15, 0.2) is 145 Å². The van der Waals surface area contributed by atoms with Crippen LogP contribution in [-0.4, -0.2) is 11.6 Å². The van der Waals surface area contributed by atoms with Crippen molar-refractivity contribution >= 4 is 45.4 Å². The number of carbonyl (C=O) groups is 2. The molecule has 0 radical (unpaired) electrons. The number of fused-ring (bicyclic) bond motifs is 3. The van der Waals surface area contributed by atoms with Gasteiger partial charge in [-0.05, 0) is 89.6 Å². The zero-order valence-corrected chi connectivity index (χ0v) is 31.8. The number of hydrogen-bond donors (Lipinski definition) is 0. The lowest BCUT2D eigenvalue weighted by atomic mass is 9.74. The topological polar surface area (TPSA) is 37.4 Å². The molecule has 0 atom stereocenters. The van der Waals surface area contributed by atoms with E-state index in [9.17, 15) is 9.59 Å². The molecule has 0 saturated carbocycles. The van der Waals surface area contributed by atoms with Crippen molar-refractivity contribution in [2.45, 2.75) is 40.0 Å². The van der Waals surface area contributed by atoms with E-state index in [2.05, 4.69) is 155 Å². The number of hydrogen-bond acceptors (Lipinski definition) is 4. The van der Waals surface area contributed by atoms with Gasteiger partial charge in [-0.15, -0.1) is 11.3 Å². The number of ketones is 2. The fraction of sp³-hybridized carbons (Fsp3) is 0.120. The fourth-order valence-corrected chi connectivity index (χ4v) is 9.90. The molecule has 0 spiro atoms. The van der Waals surface area contributed by atoms with Gasteiger partial charge >= 0.3 is 0 Å². The Morgan fingerprint density at radius 3 is 1.67 bits per heavy atom. The Hall–Kier alpha value is -6.10. The lowest BCUT2D eigenvalue weighted by Gasteiger charge is -2.41. The first kappa shape index (κ1) is 33.7. The molecule has 0 N–H and O–H groups in total. The third-order valence-electron chi connectivity index (χ3n) is 11.1. The van der Waals surface area contributed by atoms with E-state index in [1.807, 2.05) is 18.2 Å². The summed E-state index contributed by atoms with van der Waals surface area (Å²) in [7, 11) is 0. The van der Waals surface area contributed by atoms with Crippen LogP contribution in [0.4, 0.5) is 16.4 Å². The minimum absolute atomic E-state index is 0.212. The number of nitrogens with zero attached hydrogens (tertiary/aromatic N) is 1. The van der Waals surface area contributed by atoms with Crippen molar-refractivity contribution in [2.75, 3.05) is 4.90 Å². The molecule has 1 aromatic heterocycles. The molecule has 4 heteroatoms. The number of Topliss-reactive ketones (excluding diaryl/α,β-unsaturated/α-hetero) is 2. The van der Waals surface area contributed by atoms with Gasteiger partial charge in [0.25, 0.3) is 0 Å². The predicted molar refractivity (Wildman–Crippen MR) is 225 cm³/mol. The molecule has 262 valence electrons. The van der Waals surface area contributed by atoms with E-state index in [0.717, 1.165) is 49.1 Å². The second-order valence-electron chi connectivity index (χ2n) is 15.0. The van der Waals surface area contributed by atoms with E-state index in [0.29, 0.717) is 11.1 Å². The van der Waals surface area contributed by atoms with E-state index in [1.165, 1.54) is 33.4 Å². The number of anilines is 3. The molecule has 6 aromatic carbocycles. The molecule has 0 amide bonds. The summed E-state index contributed by atoms with van der Waals surface area (Å²) in [5.41, 5.74) is 16.1. The molecule has 3 nitrogen and oxygen atoms in total. The highest BCUT2D eigenvalue weighted by molar-refractivity contribution is 7.17. The Kier molecular flexibility index (Phi) is 7.99. The van der Waals surface area contributed by atoms with Gasteiger partial charge in [-0.3, -0.25) is 9.59 Å². The predicted octanol–water partition coefficient (Wildman–Crippen LogP) is 13.2. The Balaban J connectivity index is 1.33. The molecule has 1 aliphatic heterocycles. The van der Waals surface area contributed by atoms with Crippen molar-refractivity contribution in [2.24, 2.45) is 0 Å². The average Bonchev–Trinajstić information content (AvgIpc) is 3.71. The van der Waals surface area contributed by atoms with Crippen LogP contribution in [0.5, 0.6) is 0 Å². The summed E-state index contributed by atoms with van der Waals surface area (Å²) in [5, 5.41) is 1.07. The van der Waals surface area contributed by atoms with Crippen molar-refractivity contribution in [3.63, 3.8) is 0 Å². The monoisotopic (exact) mass is 717 g/mol. The normalized spacial score (nSPS) is 14.2. The van der Waals surface area contributed by atoms with Crippen molar-refractivity contribution < 1.29 is 9.59 Å². The molecule has 7 aromatic rings. The SMILES string of the molecule is Cc1cc(C)c(-c2ccc3c(c2)C(C)(C)c2cc(C=C4C(=O)c5ccccc5C4=O)sc2N3c2c(-c3ccccc3)cccc2-c2ccccc2)c(C)c1. The molecule has 0 unspecified atom stereocenters. The molecular formula is C50H39NO2S. The molecule has 54 heavy (non-hydrogen) atoms. The Morgan fingerprint density at radius 2 is 1.09 bits per heavy atom. The van der Waals surface area contributed by atoms with Gasteiger partial charge in [0.2, 0.25) is 0 Å². The Labute approximate surface area is 320 Å². The minimum atomic E-state index is -0.405. The number of allylic oxidation sites excluding steroid dienone is 1. The second kappa shape index (κ2) is 12.8. The van der Waals surface area contributed by atoms with Crippen LogP contribution in [0.2, 0.25) is 0 Å². The first-order valence-corrected chi connectivity index (χ1v) is 19.2. The van der Waals surface area contributed by atoms with E-state index in [1.54, 1.807) is 23.5 Å². The van der Waals surface area contributed by atoms with Gasteiger partial charge in [-0.2, -0.15) is 0 Å². The molecule has 0 saturated heterocycles. The minimum Gasteiger partial charge on any atom is -0.300 e. The number of rotatable bonds is 5. The van der Waals surface area contributed by atoms with Crippen molar-refractivity contribution in [3.05, 3.63) is 189 Å². The maximum atomic E-state index is 13.6. The summed E-state index contributed by atoms with van der Waals surface area (Å²) in [5.74, 6) is -0.425. The summed E-state index contributed by atoms with van der Waals surface area (Å²) in [6.07, 6.45) is 1.82. The summed E-state index contributed by atoms with van der Waals surface area (Å²) >= 11 is 1.63. The van der Waals surface area contributed by atoms with Crippen LogP contribution in [0.1, 0.15) is 67.3 Å². The van der Waals surface area contributed by atoms with Crippen LogP contribution >= 0.6 is 11.3 Å². The van der Waals surface area contributed by atoms with Gasteiger partial charge in [-0.25, -0.2) is 0 Å².